The zero-order valence-electron chi connectivity index (χ0n) is 15.6. The van der Waals surface area contributed by atoms with Crippen LogP contribution in [0.2, 0.25) is 0 Å². The minimum absolute atomic E-state index is 0.436. The maximum Gasteiger partial charge on any atom is 0.306 e. The van der Waals surface area contributed by atoms with Crippen LogP contribution in [0.25, 0.3) is 0 Å². The molecule has 0 amide bonds. The van der Waals surface area contributed by atoms with E-state index in [0.717, 1.165) is 0 Å². The van der Waals surface area contributed by atoms with Crippen molar-refractivity contribution in [2.24, 2.45) is 0 Å². The summed E-state index contributed by atoms with van der Waals surface area (Å²) in [4.78, 5) is 22.0. The van der Waals surface area contributed by atoms with Crippen molar-refractivity contribution in [3.63, 3.8) is 0 Å². The van der Waals surface area contributed by atoms with Crippen LogP contribution in [0, 0.1) is 0 Å². The zero-order chi connectivity index (χ0) is 22.6. The van der Waals surface area contributed by atoms with Crippen molar-refractivity contribution >= 4 is 11.9 Å². The summed E-state index contributed by atoms with van der Waals surface area (Å²) < 4.78 is 20.4. The van der Waals surface area contributed by atoms with Crippen LogP contribution < -0.4 is 0 Å². The summed E-state index contributed by atoms with van der Waals surface area (Å²) in [7, 11) is 0. The van der Waals surface area contributed by atoms with Crippen molar-refractivity contribution in [3.8, 4) is 0 Å². The number of esters is 1. The molecule has 0 spiro atoms. The van der Waals surface area contributed by atoms with Crippen molar-refractivity contribution in [3.05, 3.63) is 0 Å². The van der Waals surface area contributed by atoms with E-state index < -0.39 is 99.4 Å². The van der Waals surface area contributed by atoms with E-state index in [2.05, 4.69) is 0 Å². The molecule has 2 heterocycles. The molecule has 2 rings (SSSR count). The highest BCUT2D eigenvalue weighted by Gasteiger charge is 2.49. The summed E-state index contributed by atoms with van der Waals surface area (Å²) in [6.07, 6.45) is -17.6. The first-order valence-electron chi connectivity index (χ1n) is 9.09. The second-order valence-corrected chi connectivity index (χ2v) is 6.92. The first kappa shape index (κ1) is 24.8. The molecule has 10 atom stereocenters. The van der Waals surface area contributed by atoms with E-state index in [1.165, 1.54) is 0 Å². The van der Waals surface area contributed by atoms with Gasteiger partial charge in [-0.15, -0.1) is 0 Å². The number of carboxylic acids is 1. The molecule has 30 heavy (non-hydrogen) atoms. The lowest BCUT2D eigenvalue weighted by atomic mass is 9.98. The molecule has 0 unspecified atom stereocenters. The van der Waals surface area contributed by atoms with E-state index in [9.17, 15) is 45.3 Å². The molecule has 0 radical (unpaired) electrons. The third-order valence-electron chi connectivity index (χ3n) is 4.74. The number of aliphatic hydroxyl groups is 7. The molecule has 0 aliphatic carbocycles. The van der Waals surface area contributed by atoms with Crippen LogP contribution in [0.3, 0.4) is 0 Å². The van der Waals surface area contributed by atoms with Crippen molar-refractivity contribution in [2.75, 3.05) is 13.2 Å². The lowest BCUT2D eigenvalue weighted by molar-refractivity contribution is -0.376. The van der Waals surface area contributed by atoms with Crippen molar-refractivity contribution < 1.29 is 69.4 Å². The van der Waals surface area contributed by atoms with Gasteiger partial charge in [-0.3, -0.25) is 9.59 Å². The summed E-state index contributed by atoms with van der Waals surface area (Å²) in [5.74, 6) is -2.12. The Kier molecular flexibility index (Phi) is 8.86. The summed E-state index contributed by atoms with van der Waals surface area (Å²) >= 11 is 0. The first-order valence-corrected chi connectivity index (χ1v) is 9.09. The minimum Gasteiger partial charge on any atom is -0.481 e. The smallest absolute Gasteiger partial charge is 0.306 e. The molecular weight excluding hydrogens is 416 g/mol. The van der Waals surface area contributed by atoms with Crippen LogP contribution in [0.5, 0.6) is 0 Å². The van der Waals surface area contributed by atoms with Gasteiger partial charge in [0.15, 0.2) is 12.6 Å². The Hall–Kier alpha value is -1.46. The predicted molar refractivity (Wildman–Crippen MR) is 89.4 cm³/mol. The van der Waals surface area contributed by atoms with Gasteiger partial charge in [0.1, 0.15) is 55.4 Å². The molecule has 0 aromatic heterocycles. The average molecular weight is 442 g/mol. The summed E-state index contributed by atoms with van der Waals surface area (Å²) in [6.45, 7) is -1.34. The van der Waals surface area contributed by atoms with Gasteiger partial charge in [-0.2, -0.15) is 0 Å². The van der Waals surface area contributed by atoms with Gasteiger partial charge in [-0.05, 0) is 0 Å². The van der Waals surface area contributed by atoms with E-state index in [-0.39, 0.29) is 0 Å². The Morgan fingerprint density at radius 2 is 1.23 bits per heavy atom. The molecule has 0 bridgehead atoms. The highest BCUT2D eigenvalue weighted by atomic mass is 16.8. The third-order valence-corrected chi connectivity index (χ3v) is 4.74. The molecule has 2 fully saturated rings. The topological polar surface area (TPSA) is 233 Å². The van der Waals surface area contributed by atoms with E-state index in [4.69, 9.17) is 24.1 Å². The maximum atomic E-state index is 11.5. The highest BCUT2D eigenvalue weighted by Crippen LogP contribution is 2.28. The number of carboxylic acid groups (broad SMARTS) is 1. The van der Waals surface area contributed by atoms with Crippen molar-refractivity contribution in [1.29, 1.82) is 0 Å². The Labute approximate surface area is 169 Å². The number of aliphatic carboxylic acids is 1. The van der Waals surface area contributed by atoms with Crippen LogP contribution in [0.4, 0.5) is 0 Å². The second-order valence-electron chi connectivity index (χ2n) is 6.92. The fourth-order valence-electron chi connectivity index (χ4n) is 2.93. The molecule has 2 saturated heterocycles. The normalized spacial score (nSPS) is 42.0. The lowest BCUT2D eigenvalue weighted by Gasteiger charge is -2.44. The average Bonchev–Trinajstić information content (AvgIpc) is 2.71. The van der Waals surface area contributed by atoms with Gasteiger partial charge >= 0.3 is 11.9 Å². The molecular formula is C16H26O14. The second kappa shape index (κ2) is 10.7. The molecule has 0 aromatic carbocycles. The monoisotopic (exact) mass is 442 g/mol. The van der Waals surface area contributed by atoms with Gasteiger partial charge in [-0.1, -0.05) is 0 Å². The first-order chi connectivity index (χ1) is 14.1. The highest BCUT2D eigenvalue weighted by molar-refractivity contribution is 5.76. The SMILES string of the molecule is O=C(O)CCC(=O)OC[C@H]1O[C@H](O[C@H]2O[C@H](CO)[C@@H](O)[C@H](O)[C@H]2O)[C@H](O)[C@@H](O)[C@@H]1O. The number of carbonyl (C=O) groups is 2. The van der Waals surface area contributed by atoms with Gasteiger partial charge in [0.05, 0.1) is 19.4 Å². The van der Waals surface area contributed by atoms with Crippen LogP contribution >= 0.6 is 0 Å². The fraction of sp³-hybridized carbons (Fsp3) is 0.875. The number of hydrogen-bond acceptors (Lipinski definition) is 13. The van der Waals surface area contributed by atoms with Crippen LogP contribution in [-0.2, 0) is 28.5 Å². The van der Waals surface area contributed by atoms with Gasteiger partial charge in [0.2, 0.25) is 0 Å². The van der Waals surface area contributed by atoms with Crippen molar-refractivity contribution in [2.45, 2.75) is 74.3 Å². The molecule has 2 aliphatic heterocycles. The summed E-state index contributed by atoms with van der Waals surface area (Å²) in [5.41, 5.74) is 0. The van der Waals surface area contributed by atoms with E-state index in [1.807, 2.05) is 0 Å². The number of aliphatic hydroxyl groups excluding tert-OH is 7. The van der Waals surface area contributed by atoms with Crippen LogP contribution in [0.1, 0.15) is 12.8 Å². The van der Waals surface area contributed by atoms with E-state index in [0.29, 0.717) is 0 Å². The largest absolute Gasteiger partial charge is 0.481 e. The van der Waals surface area contributed by atoms with Crippen LogP contribution in [-0.4, -0.2) is 127 Å². The number of ether oxygens (including phenoxy) is 4. The molecule has 2 aliphatic rings. The molecule has 0 aromatic rings. The molecule has 0 saturated carbocycles. The van der Waals surface area contributed by atoms with E-state index >= 15 is 0 Å². The maximum absolute atomic E-state index is 11.5. The Bertz CT molecular complexity index is 584. The van der Waals surface area contributed by atoms with Gasteiger partial charge in [0.25, 0.3) is 0 Å². The lowest BCUT2D eigenvalue weighted by Crippen LogP contribution is -2.63. The number of carbonyl (C=O) groups excluding carboxylic acids is 1. The van der Waals surface area contributed by atoms with E-state index in [1.54, 1.807) is 0 Å². The zero-order valence-corrected chi connectivity index (χ0v) is 15.6. The third kappa shape index (κ3) is 5.82. The minimum atomic E-state index is -1.84. The standard InChI is InChI=1S/C16H26O14/c17-3-5-9(21)11(23)13(25)15(28-5)30-16-14(26)12(24)10(22)6(29-16)4-27-8(20)2-1-7(18)19/h5-6,9-17,21-26H,1-4H2,(H,18,19)/t5-,6-,9-,10-,11+,12+,13-,14-,15-,16-/m1/s1. The fourth-order valence-corrected chi connectivity index (χ4v) is 2.93. The van der Waals surface area contributed by atoms with Gasteiger partial charge in [-0.25, -0.2) is 0 Å². The molecule has 174 valence electrons. The number of hydrogen-bond donors (Lipinski definition) is 8. The summed E-state index contributed by atoms with van der Waals surface area (Å²) in [5, 5.41) is 77.4. The van der Waals surface area contributed by atoms with Gasteiger partial charge < -0.3 is 59.8 Å². The van der Waals surface area contributed by atoms with Gasteiger partial charge in [0, 0.05) is 0 Å². The molecule has 14 heteroatoms. The number of rotatable bonds is 8. The summed E-state index contributed by atoms with van der Waals surface area (Å²) in [6, 6.07) is 0. The Morgan fingerprint density at radius 1 is 0.733 bits per heavy atom. The van der Waals surface area contributed by atoms with Crippen molar-refractivity contribution in [1.82, 2.24) is 0 Å². The predicted octanol–water partition coefficient (Wildman–Crippen LogP) is -4.98. The van der Waals surface area contributed by atoms with Crippen LogP contribution in [0.15, 0.2) is 0 Å². The Balaban J connectivity index is 1.99. The quantitative estimate of drug-likeness (QED) is 0.164. The molecule has 14 nitrogen and oxygen atoms in total. The Morgan fingerprint density at radius 3 is 1.73 bits per heavy atom. The molecule has 8 N–H and O–H groups in total.